The number of nitrogens with one attached hydrogen (secondary N) is 2. The summed E-state index contributed by atoms with van der Waals surface area (Å²) in [5, 5.41) is 10.2. The minimum Gasteiger partial charge on any atom is -0.356 e. The average molecular weight is 558 g/mol. The summed E-state index contributed by atoms with van der Waals surface area (Å²) in [6.07, 6.45) is 4.92. The van der Waals surface area contributed by atoms with Crippen molar-refractivity contribution in [1.82, 2.24) is 20.1 Å². The van der Waals surface area contributed by atoms with Gasteiger partial charge in [-0.25, -0.2) is 8.78 Å². The number of aryl methyl sites for hydroxylation is 3. The predicted octanol–water partition coefficient (Wildman–Crippen LogP) is 6.65. The largest absolute Gasteiger partial charge is 0.356 e. The van der Waals surface area contributed by atoms with Crippen LogP contribution in [0.3, 0.4) is 0 Å². The van der Waals surface area contributed by atoms with Gasteiger partial charge in [-0.15, -0.1) is 0 Å². The van der Waals surface area contributed by atoms with Gasteiger partial charge in [-0.2, -0.15) is 5.10 Å². The number of carbonyl (C=O) groups is 2. The zero-order valence-electron chi connectivity index (χ0n) is 23.3. The Morgan fingerprint density at radius 1 is 0.927 bits per heavy atom. The second-order valence-corrected chi connectivity index (χ2v) is 10.8. The molecule has 0 bridgehead atoms. The monoisotopic (exact) mass is 557 g/mol. The molecule has 0 saturated heterocycles. The summed E-state index contributed by atoms with van der Waals surface area (Å²) in [5.41, 5.74) is 6.88. The van der Waals surface area contributed by atoms with E-state index in [1.807, 2.05) is 38.4 Å². The third-order valence-electron chi connectivity index (χ3n) is 7.81. The molecule has 0 unspecified atom stereocenters. The molecule has 1 aliphatic rings. The normalized spacial score (nSPS) is 15.7. The summed E-state index contributed by atoms with van der Waals surface area (Å²) < 4.78 is 29.2. The van der Waals surface area contributed by atoms with E-state index in [2.05, 4.69) is 32.8 Å². The number of amides is 1. The van der Waals surface area contributed by atoms with Crippen molar-refractivity contribution in [2.24, 2.45) is 13.0 Å². The van der Waals surface area contributed by atoms with Gasteiger partial charge in [-0.05, 0) is 97.3 Å². The molecule has 1 aliphatic carbocycles. The van der Waals surface area contributed by atoms with Gasteiger partial charge < -0.3 is 10.6 Å². The summed E-state index contributed by atoms with van der Waals surface area (Å²) in [4.78, 5) is 30.9. The molecule has 4 aromatic rings. The quantitative estimate of drug-likeness (QED) is 0.237. The molecule has 5 rings (SSSR count). The van der Waals surface area contributed by atoms with Crippen molar-refractivity contribution >= 4 is 23.1 Å². The highest BCUT2D eigenvalue weighted by molar-refractivity contribution is 6.04. The number of halogens is 2. The summed E-state index contributed by atoms with van der Waals surface area (Å²) in [6, 6.07) is 15.7. The first-order chi connectivity index (χ1) is 19.6. The van der Waals surface area contributed by atoms with Gasteiger partial charge in [0.15, 0.2) is 5.78 Å². The van der Waals surface area contributed by atoms with Gasteiger partial charge in [0, 0.05) is 55.4 Å². The number of anilines is 2. The minimum absolute atomic E-state index is 0.156. The van der Waals surface area contributed by atoms with E-state index >= 15 is 0 Å². The Morgan fingerprint density at radius 3 is 2.07 bits per heavy atom. The second kappa shape index (κ2) is 11.6. The number of nitrogens with zero attached hydrogens (tertiary/aromatic N) is 3. The van der Waals surface area contributed by atoms with Crippen LogP contribution in [-0.2, 0) is 7.05 Å². The highest BCUT2D eigenvalue weighted by Crippen LogP contribution is 2.38. The van der Waals surface area contributed by atoms with Crippen LogP contribution < -0.4 is 10.6 Å². The first-order valence-electron chi connectivity index (χ1n) is 13.7. The lowest BCUT2D eigenvalue weighted by atomic mass is 9.79. The number of ketones is 1. The maximum Gasteiger partial charge on any atom is 0.270 e. The molecule has 1 saturated carbocycles. The van der Waals surface area contributed by atoms with Crippen LogP contribution in [0, 0.1) is 19.8 Å². The van der Waals surface area contributed by atoms with E-state index < -0.39 is 17.9 Å². The predicted molar refractivity (Wildman–Crippen MR) is 155 cm³/mol. The number of aromatic nitrogens is 3. The van der Waals surface area contributed by atoms with Gasteiger partial charge in [0.25, 0.3) is 5.91 Å². The highest BCUT2D eigenvalue weighted by atomic mass is 19.3. The number of Topliss-reactive ketones (excluding diaryl/α,β-unsaturated/α-hetero) is 1. The number of hydrogen-bond acceptors (Lipinski definition) is 5. The van der Waals surface area contributed by atoms with E-state index in [1.54, 1.807) is 37.4 Å². The molecule has 2 N–H and O–H groups in total. The molecule has 1 fully saturated rings. The molecule has 2 aromatic carbocycles. The SMILES string of the molecule is Cc1cncc(C)c1-c1ccc(Nc2ccc(C(=O)[C@@H](NC(=O)c3ccnn3C)C3CCC(F)(F)CC3)cc2)cc1. The molecule has 2 aromatic heterocycles. The van der Waals surface area contributed by atoms with Crippen molar-refractivity contribution in [3.05, 3.63) is 95.6 Å². The molecule has 9 heteroatoms. The summed E-state index contributed by atoms with van der Waals surface area (Å²) >= 11 is 0. The molecule has 212 valence electrons. The summed E-state index contributed by atoms with van der Waals surface area (Å²) in [7, 11) is 1.63. The van der Waals surface area contributed by atoms with Gasteiger partial charge in [0.05, 0.1) is 6.04 Å². The number of benzene rings is 2. The summed E-state index contributed by atoms with van der Waals surface area (Å²) in [6.45, 7) is 4.09. The van der Waals surface area contributed by atoms with Crippen LogP contribution >= 0.6 is 0 Å². The van der Waals surface area contributed by atoms with Crippen LogP contribution in [0.25, 0.3) is 11.1 Å². The zero-order chi connectivity index (χ0) is 29.1. The molecular formula is C32H33F2N5O2. The fourth-order valence-corrected chi connectivity index (χ4v) is 5.55. The number of hydrogen-bond donors (Lipinski definition) is 2. The summed E-state index contributed by atoms with van der Waals surface area (Å²) in [5.74, 6) is -3.88. The number of alkyl halides is 2. The number of carbonyl (C=O) groups excluding carboxylic acids is 2. The van der Waals surface area contributed by atoms with Crippen LogP contribution in [0.1, 0.15) is 57.7 Å². The van der Waals surface area contributed by atoms with Crippen molar-refractivity contribution < 1.29 is 18.4 Å². The minimum atomic E-state index is -2.74. The first kappa shape index (κ1) is 28.1. The maximum absolute atomic E-state index is 13.9. The third kappa shape index (κ3) is 6.34. The van der Waals surface area contributed by atoms with E-state index in [-0.39, 0.29) is 37.4 Å². The van der Waals surface area contributed by atoms with Crippen LogP contribution in [0.5, 0.6) is 0 Å². The van der Waals surface area contributed by atoms with E-state index in [9.17, 15) is 18.4 Å². The third-order valence-corrected chi connectivity index (χ3v) is 7.81. The fourth-order valence-electron chi connectivity index (χ4n) is 5.55. The van der Waals surface area contributed by atoms with E-state index in [4.69, 9.17) is 0 Å². The lowest BCUT2D eigenvalue weighted by Crippen LogP contribution is -2.48. The molecule has 0 radical (unpaired) electrons. The van der Waals surface area contributed by atoms with Gasteiger partial charge in [0.1, 0.15) is 5.69 Å². The van der Waals surface area contributed by atoms with Crippen molar-refractivity contribution in [2.45, 2.75) is 51.5 Å². The molecule has 0 aliphatic heterocycles. The smallest absolute Gasteiger partial charge is 0.270 e. The molecule has 0 spiro atoms. The van der Waals surface area contributed by atoms with E-state index in [0.717, 1.165) is 28.1 Å². The highest BCUT2D eigenvalue weighted by Gasteiger charge is 2.40. The Kier molecular flexibility index (Phi) is 7.97. The van der Waals surface area contributed by atoms with Crippen LogP contribution in [-0.4, -0.2) is 38.4 Å². The Labute approximate surface area is 238 Å². The number of rotatable bonds is 8. The molecule has 41 heavy (non-hydrogen) atoms. The van der Waals surface area contributed by atoms with Gasteiger partial charge in [-0.3, -0.25) is 19.3 Å². The molecule has 2 heterocycles. The molecular weight excluding hydrogens is 524 g/mol. The van der Waals surface area contributed by atoms with Crippen molar-refractivity contribution in [3.63, 3.8) is 0 Å². The van der Waals surface area contributed by atoms with Crippen molar-refractivity contribution in [2.75, 3.05) is 5.32 Å². The van der Waals surface area contributed by atoms with Crippen LogP contribution in [0.15, 0.2) is 73.2 Å². The van der Waals surface area contributed by atoms with Crippen molar-refractivity contribution in [1.29, 1.82) is 0 Å². The van der Waals surface area contributed by atoms with Gasteiger partial charge in [0.2, 0.25) is 5.92 Å². The standard InChI is InChI=1S/C32H33F2N5O2/c1-20-18-35-19-21(2)28(20)22-4-8-25(9-5-22)37-26-10-6-24(7-11-26)30(40)29(23-12-15-32(33,34)16-13-23)38-31(41)27-14-17-36-39(27)3/h4-11,14,17-19,23,29,37H,12-13,15-16H2,1-3H3,(H,38,41)/t29-/m0/s1. The Morgan fingerprint density at radius 2 is 1.51 bits per heavy atom. The van der Waals surface area contributed by atoms with Crippen LogP contribution in [0.4, 0.5) is 20.2 Å². The van der Waals surface area contributed by atoms with Gasteiger partial charge >= 0.3 is 0 Å². The first-order valence-corrected chi connectivity index (χ1v) is 13.7. The molecule has 1 amide bonds. The second-order valence-electron chi connectivity index (χ2n) is 10.8. The average Bonchev–Trinajstić information content (AvgIpc) is 3.39. The van der Waals surface area contributed by atoms with Gasteiger partial charge in [-0.1, -0.05) is 12.1 Å². The van der Waals surface area contributed by atoms with Crippen LogP contribution in [0.2, 0.25) is 0 Å². The zero-order valence-corrected chi connectivity index (χ0v) is 23.3. The Bertz CT molecular complexity index is 1520. The lowest BCUT2D eigenvalue weighted by Gasteiger charge is -2.33. The lowest BCUT2D eigenvalue weighted by molar-refractivity contribution is -0.0482. The maximum atomic E-state index is 13.9. The van der Waals surface area contributed by atoms with E-state index in [0.29, 0.717) is 11.3 Å². The Balaban J connectivity index is 1.31. The van der Waals surface area contributed by atoms with Crippen molar-refractivity contribution in [3.8, 4) is 11.1 Å². The molecule has 7 nitrogen and oxygen atoms in total. The molecule has 1 atom stereocenters. The Hall–Kier alpha value is -4.40. The number of pyridine rings is 1. The van der Waals surface area contributed by atoms with E-state index in [1.165, 1.54) is 16.4 Å². The fraction of sp³-hybridized carbons (Fsp3) is 0.312. The topological polar surface area (TPSA) is 88.9 Å².